The van der Waals surface area contributed by atoms with Gasteiger partial charge in [0.2, 0.25) is 0 Å². The summed E-state index contributed by atoms with van der Waals surface area (Å²) in [7, 11) is 0. The third-order valence-electron chi connectivity index (χ3n) is 4.12. The van der Waals surface area contributed by atoms with Crippen LogP contribution in [0.3, 0.4) is 0 Å². The summed E-state index contributed by atoms with van der Waals surface area (Å²) in [6.07, 6.45) is 10.0. The van der Waals surface area contributed by atoms with Gasteiger partial charge in [-0.3, -0.25) is 9.78 Å². The maximum Gasteiger partial charge on any atom is 0.271 e. The lowest BCUT2D eigenvalue weighted by Crippen LogP contribution is -2.35. The lowest BCUT2D eigenvalue weighted by Gasteiger charge is -2.20. The first-order valence-electron chi connectivity index (χ1n) is 7.85. The van der Waals surface area contributed by atoms with E-state index in [4.69, 9.17) is 0 Å². The Morgan fingerprint density at radius 3 is 2.26 bits per heavy atom. The summed E-state index contributed by atoms with van der Waals surface area (Å²) in [6, 6.07) is 7.90. The van der Waals surface area contributed by atoms with E-state index in [1.165, 1.54) is 32.1 Å². The summed E-state index contributed by atoms with van der Waals surface area (Å²) in [5.41, 5.74) is 2.00. The van der Waals surface area contributed by atoms with Crippen molar-refractivity contribution in [1.29, 1.82) is 0 Å². The lowest BCUT2D eigenvalue weighted by atomic mass is 9.96. The van der Waals surface area contributed by atoms with Gasteiger partial charge in [-0.1, -0.05) is 59.1 Å². The number of carbonyl (C=O) groups is 1. The minimum absolute atomic E-state index is 0. The van der Waals surface area contributed by atoms with Crippen LogP contribution in [-0.4, -0.2) is 21.9 Å². The number of aromatic nitrogens is 2. The molecule has 1 aliphatic carbocycles. The fourth-order valence-electron chi connectivity index (χ4n) is 2.93. The smallest absolute Gasteiger partial charge is 0.271 e. The van der Waals surface area contributed by atoms with Gasteiger partial charge in [0.1, 0.15) is 5.69 Å². The van der Waals surface area contributed by atoms with E-state index in [9.17, 15) is 4.79 Å². The molecular weight excluding hydrogens is 286 g/mol. The van der Waals surface area contributed by atoms with Crippen molar-refractivity contribution >= 4 is 16.9 Å². The van der Waals surface area contributed by atoms with Crippen LogP contribution < -0.4 is 5.32 Å². The van der Waals surface area contributed by atoms with Crippen molar-refractivity contribution in [2.75, 3.05) is 0 Å². The second-order valence-electron chi connectivity index (χ2n) is 5.76. The first-order chi connectivity index (χ1) is 10.3. The molecule has 4 heteroatoms. The van der Waals surface area contributed by atoms with Crippen molar-refractivity contribution in [1.82, 2.24) is 15.3 Å². The largest absolute Gasteiger partial charge is 0.348 e. The third kappa shape index (κ3) is 5.02. The van der Waals surface area contributed by atoms with E-state index < -0.39 is 0 Å². The number of hydrogen-bond acceptors (Lipinski definition) is 3. The molecule has 0 unspecified atom stereocenters. The molecular formula is C19H29N3O. The van der Waals surface area contributed by atoms with Crippen molar-refractivity contribution in [3.05, 3.63) is 36.2 Å². The van der Waals surface area contributed by atoms with Crippen molar-refractivity contribution in [2.24, 2.45) is 0 Å². The molecule has 1 heterocycles. The fourth-order valence-corrected chi connectivity index (χ4v) is 2.93. The Morgan fingerprint density at radius 2 is 1.57 bits per heavy atom. The second-order valence-corrected chi connectivity index (χ2v) is 5.76. The van der Waals surface area contributed by atoms with Crippen LogP contribution in [0.15, 0.2) is 30.5 Å². The Bertz CT molecular complexity index is 619. The van der Waals surface area contributed by atoms with Gasteiger partial charge >= 0.3 is 0 Å². The van der Waals surface area contributed by atoms with Crippen LogP contribution in [0.4, 0.5) is 0 Å². The molecule has 1 aromatic carbocycles. The molecule has 3 rings (SSSR count). The Kier molecular flexibility index (Phi) is 7.66. The normalized spacial score (nSPS) is 15.7. The van der Waals surface area contributed by atoms with Gasteiger partial charge in [0.05, 0.1) is 17.2 Å². The van der Waals surface area contributed by atoms with Gasteiger partial charge in [0, 0.05) is 6.04 Å². The molecule has 126 valence electrons. The number of hydrogen-bond donors (Lipinski definition) is 1. The molecule has 1 amide bonds. The molecule has 1 N–H and O–H groups in total. The van der Waals surface area contributed by atoms with E-state index >= 15 is 0 Å². The molecule has 23 heavy (non-hydrogen) atoms. The number of benzene rings is 1. The average molecular weight is 315 g/mol. The number of nitrogens with zero attached hydrogens (tertiary/aromatic N) is 2. The highest BCUT2D eigenvalue weighted by molar-refractivity contribution is 5.93. The van der Waals surface area contributed by atoms with Gasteiger partial charge in [0.15, 0.2) is 0 Å². The van der Waals surface area contributed by atoms with Crippen molar-refractivity contribution in [2.45, 2.75) is 65.8 Å². The maximum atomic E-state index is 12.3. The van der Waals surface area contributed by atoms with Crippen LogP contribution in [0.5, 0.6) is 0 Å². The van der Waals surface area contributed by atoms with Gasteiger partial charge < -0.3 is 5.32 Å². The molecule has 2 aromatic rings. The van der Waals surface area contributed by atoms with E-state index in [2.05, 4.69) is 15.3 Å². The molecule has 1 saturated carbocycles. The van der Waals surface area contributed by atoms with Crippen LogP contribution in [0.1, 0.15) is 70.3 Å². The zero-order chi connectivity index (χ0) is 14.5. The summed E-state index contributed by atoms with van der Waals surface area (Å²) in [5.74, 6) is -0.0983. The Balaban J connectivity index is 0.00000132. The predicted molar refractivity (Wildman–Crippen MR) is 96.6 cm³/mol. The topological polar surface area (TPSA) is 54.9 Å². The zero-order valence-electron chi connectivity index (χ0n) is 12.2. The van der Waals surface area contributed by atoms with E-state index in [-0.39, 0.29) is 26.8 Å². The lowest BCUT2D eigenvalue weighted by molar-refractivity contribution is 0.0925. The monoisotopic (exact) mass is 315 g/mol. The molecule has 1 aliphatic rings. The van der Waals surface area contributed by atoms with Gasteiger partial charge in [-0.15, -0.1) is 0 Å². The highest BCUT2D eigenvalue weighted by Crippen LogP contribution is 2.17. The summed E-state index contributed by atoms with van der Waals surface area (Å²) in [6.45, 7) is 0. The SMILES string of the molecule is C.C.O=C(NC1CCCCCCC1)c1cnc2ccccc2n1. The minimum Gasteiger partial charge on any atom is -0.348 e. The number of amides is 1. The molecule has 0 bridgehead atoms. The Labute approximate surface area is 139 Å². The zero-order valence-corrected chi connectivity index (χ0v) is 12.2. The first kappa shape index (κ1) is 19.1. The summed E-state index contributed by atoms with van der Waals surface area (Å²) in [4.78, 5) is 21.1. The van der Waals surface area contributed by atoms with Crippen molar-refractivity contribution < 1.29 is 4.79 Å². The van der Waals surface area contributed by atoms with Gasteiger partial charge in [0.25, 0.3) is 5.91 Å². The molecule has 0 aliphatic heterocycles. The number of para-hydroxylation sites is 2. The number of rotatable bonds is 2. The van der Waals surface area contributed by atoms with Crippen LogP contribution in [0.25, 0.3) is 11.0 Å². The molecule has 1 fully saturated rings. The minimum atomic E-state index is -0.0983. The fraction of sp³-hybridized carbons (Fsp3) is 0.526. The molecule has 1 aromatic heterocycles. The molecule has 0 saturated heterocycles. The van der Waals surface area contributed by atoms with Crippen LogP contribution in [0, 0.1) is 0 Å². The number of carbonyl (C=O) groups excluding carboxylic acids is 1. The van der Waals surface area contributed by atoms with E-state index in [0.717, 1.165) is 23.9 Å². The first-order valence-corrected chi connectivity index (χ1v) is 7.85. The molecule has 4 nitrogen and oxygen atoms in total. The number of nitrogens with one attached hydrogen (secondary N) is 1. The molecule has 0 atom stereocenters. The number of fused-ring (bicyclic) bond motifs is 1. The van der Waals surface area contributed by atoms with E-state index in [1.54, 1.807) is 6.20 Å². The van der Waals surface area contributed by atoms with Crippen LogP contribution in [0.2, 0.25) is 0 Å². The average Bonchev–Trinajstić information content (AvgIpc) is 2.49. The highest BCUT2D eigenvalue weighted by atomic mass is 16.1. The molecule has 0 radical (unpaired) electrons. The van der Waals surface area contributed by atoms with E-state index in [0.29, 0.717) is 5.69 Å². The van der Waals surface area contributed by atoms with Crippen molar-refractivity contribution in [3.8, 4) is 0 Å². The highest BCUT2D eigenvalue weighted by Gasteiger charge is 2.16. The van der Waals surface area contributed by atoms with Gasteiger partial charge in [-0.25, -0.2) is 4.98 Å². The van der Waals surface area contributed by atoms with Gasteiger partial charge in [-0.2, -0.15) is 0 Å². The predicted octanol–water partition coefficient (Wildman–Crippen LogP) is 4.74. The summed E-state index contributed by atoms with van der Waals surface area (Å²) in [5, 5.41) is 3.13. The standard InChI is InChI=1S/C17H21N3O.2CH4/c21-17(19-13-8-4-2-1-3-5-9-13)16-12-18-14-10-6-7-11-15(14)20-16;;/h6-7,10-13H,1-5,8-9H2,(H,19,21);2*1H4. The second kappa shape index (κ2) is 9.23. The van der Waals surface area contributed by atoms with Gasteiger partial charge in [-0.05, 0) is 25.0 Å². The molecule has 0 spiro atoms. The summed E-state index contributed by atoms with van der Waals surface area (Å²) >= 11 is 0. The third-order valence-corrected chi connectivity index (χ3v) is 4.12. The summed E-state index contributed by atoms with van der Waals surface area (Å²) < 4.78 is 0. The van der Waals surface area contributed by atoms with E-state index in [1.807, 2.05) is 24.3 Å². The maximum absolute atomic E-state index is 12.3. The van der Waals surface area contributed by atoms with Crippen LogP contribution >= 0.6 is 0 Å². The Hall–Kier alpha value is -1.97. The van der Waals surface area contributed by atoms with Crippen molar-refractivity contribution in [3.63, 3.8) is 0 Å². The quantitative estimate of drug-likeness (QED) is 0.870. The van der Waals surface area contributed by atoms with Crippen LogP contribution in [-0.2, 0) is 0 Å². The Morgan fingerprint density at radius 1 is 0.957 bits per heavy atom.